The monoisotopic (exact) mass is 449 g/mol. The van der Waals surface area contributed by atoms with Crippen LogP contribution >= 0.6 is 22.6 Å². The van der Waals surface area contributed by atoms with E-state index in [0.717, 1.165) is 3.57 Å². The number of carbonyl (C=O) groups excluding carboxylic acids is 2. The molecule has 1 saturated heterocycles. The van der Waals surface area contributed by atoms with E-state index in [4.69, 9.17) is 9.47 Å². The van der Waals surface area contributed by atoms with Crippen LogP contribution in [-0.2, 0) is 14.3 Å². The second kappa shape index (κ2) is 7.25. The fourth-order valence-corrected chi connectivity index (χ4v) is 3.23. The molecular weight excluding hydrogens is 428 g/mol. The predicted molar refractivity (Wildman–Crippen MR) is 95.2 cm³/mol. The van der Waals surface area contributed by atoms with Crippen LogP contribution in [-0.4, -0.2) is 42.3 Å². The van der Waals surface area contributed by atoms with E-state index in [1.807, 2.05) is 28.7 Å². The average molecular weight is 449 g/mol. The standard InChI is InChI=1S/C17H21FINO4/c1-17(2,3)24-16(22)20-9-10(7-14(20)15(21)23-4)12-6-5-11(19)8-13(12)18/h5-6,8,10,14H,7,9H2,1-4H3/t10-,14+/m0/s1. The molecule has 0 aromatic heterocycles. The van der Waals surface area contributed by atoms with Crippen molar-refractivity contribution in [2.24, 2.45) is 0 Å². The van der Waals surface area contributed by atoms with Gasteiger partial charge in [-0.2, -0.15) is 0 Å². The van der Waals surface area contributed by atoms with Crippen molar-refractivity contribution in [2.45, 2.75) is 44.8 Å². The second-order valence-electron chi connectivity index (χ2n) is 6.77. The van der Waals surface area contributed by atoms with E-state index in [2.05, 4.69) is 0 Å². The Bertz CT molecular complexity index is 644. The first-order chi connectivity index (χ1) is 11.1. The Morgan fingerprint density at radius 1 is 1.33 bits per heavy atom. The van der Waals surface area contributed by atoms with Gasteiger partial charge in [0.15, 0.2) is 0 Å². The van der Waals surface area contributed by atoms with Crippen molar-refractivity contribution in [3.63, 3.8) is 0 Å². The molecule has 0 saturated carbocycles. The number of ether oxygens (including phenoxy) is 2. The number of carbonyl (C=O) groups is 2. The van der Waals surface area contributed by atoms with Crippen LogP contribution in [0.2, 0.25) is 0 Å². The summed E-state index contributed by atoms with van der Waals surface area (Å²) < 4.78 is 25.2. The highest BCUT2D eigenvalue weighted by molar-refractivity contribution is 14.1. The largest absolute Gasteiger partial charge is 0.467 e. The number of benzene rings is 1. The van der Waals surface area contributed by atoms with Crippen molar-refractivity contribution in [3.8, 4) is 0 Å². The lowest BCUT2D eigenvalue weighted by Gasteiger charge is -2.27. The van der Waals surface area contributed by atoms with Gasteiger partial charge < -0.3 is 9.47 Å². The lowest BCUT2D eigenvalue weighted by Crippen LogP contribution is -2.43. The normalized spacial score (nSPS) is 20.8. The van der Waals surface area contributed by atoms with Gasteiger partial charge in [-0.05, 0) is 67.5 Å². The summed E-state index contributed by atoms with van der Waals surface area (Å²) in [5.74, 6) is -1.13. The van der Waals surface area contributed by atoms with E-state index in [-0.39, 0.29) is 18.3 Å². The average Bonchev–Trinajstić information content (AvgIpc) is 2.89. The molecule has 1 amide bonds. The number of rotatable bonds is 2. The van der Waals surface area contributed by atoms with Gasteiger partial charge in [-0.25, -0.2) is 14.0 Å². The van der Waals surface area contributed by atoms with E-state index in [1.165, 1.54) is 18.1 Å². The number of esters is 1. The van der Waals surface area contributed by atoms with E-state index in [0.29, 0.717) is 12.0 Å². The van der Waals surface area contributed by atoms with Crippen molar-refractivity contribution < 1.29 is 23.5 Å². The fraction of sp³-hybridized carbons (Fsp3) is 0.529. The zero-order chi connectivity index (χ0) is 18.1. The van der Waals surface area contributed by atoms with Crippen LogP contribution < -0.4 is 0 Å². The van der Waals surface area contributed by atoms with Crippen molar-refractivity contribution in [1.82, 2.24) is 4.90 Å². The van der Waals surface area contributed by atoms with Gasteiger partial charge in [-0.15, -0.1) is 0 Å². The molecule has 1 aromatic carbocycles. The molecule has 0 spiro atoms. The molecule has 5 nitrogen and oxygen atoms in total. The zero-order valence-corrected chi connectivity index (χ0v) is 16.3. The SMILES string of the molecule is COC(=O)[C@H]1C[C@H](c2ccc(I)cc2F)CN1C(=O)OC(C)(C)C. The van der Waals surface area contributed by atoms with E-state index < -0.39 is 23.7 Å². The lowest BCUT2D eigenvalue weighted by atomic mass is 9.96. The van der Waals surface area contributed by atoms with Crippen LogP contribution in [0.3, 0.4) is 0 Å². The Kier molecular flexibility index (Phi) is 5.72. The number of nitrogens with zero attached hydrogens (tertiary/aromatic N) is 1. The minimum atomic E-state index is -0.770. The first-order valence-corrected chi connectivity index (χ1v) is 8.72. The fourth-order valence-electron chi connectivity index (χ4n) is 2.78. The maximum Gasteiger partial charge on any atom is 0.411 e. The highest BCUT2D eigenvalue weighted by atomic mass is 127. The van der Waals surface area contributed by atoms with Gasteiger partial charge in [0, 0.05) is 16.0 Å². The molecule has 2 rings (SSSR count). The quantitative estimate of drug-likeness (QED) is 0.511. The minimum absolute atomic E-state index is 0.214. The highest BCUT2D eigenvalue weighted by Crippen LogP contribution is 2.35. The molecule has 7 heteroatoms. The Labute approximate surface area is 154 Å². The summed E-state index contributed by atoms with van der Waals surface area (Å²) in [6.07, 6.45) is -0.282. The predicted octanol–water partition coefficient (Wildman–Crippen LogP) is 3.70. The topological polar surface area (TPSA) is 55.8 Å². The van der Waals surface area contributed by atoms with E-state index >= 15 is 0 Å². The number of hydrogen-bond acceptors (Lipinski definition) is 4. The summed E-state index contributed by atoms with van der Waals surface area (Å²) in [6.45, 7) is 5.48. The van der Waals surface area contributed by atoms with E-state index in [1.54, 1.807) is 26.8 Å². The van der Waals surface area contributed by atoms with Crippen LogP contribution in [0, 0.1) is 9.39 Å². The summed E-state index contributed by atoms with van der Waals surface area (Å²) in [5, 5.41) is 0. The first kappa shape index (κ1) is 19.0. The minimum Gasteiger partial charge on any atom is -0.467 e. The second-order valence-corrected chi connectivity index (χ2v) is 8.02. The lowest BCUT2D eigenvalue weighted by molar-refractivity contribution is -0.145. The Morgan fingerprint density at radius 2 is 2.00 bits per heavy atom. The molecular formula is C17H21FINO4. The molecule has 1 aliphatic rings. The number of amides is 1. The van der Waals surface area contributed by atoms with Crippen molar-refractivity contribution in [1.29, 1.82) is 0 Å². The maximum absolute atomic E-state index is 14.3. The summed E-state index contributed by atoms with van der Waals surface area (Å²) in [7, 11) is 1.27. The summed E-state index contributed by atoms with van der Waals surface area (Å²) in [4.78, 5) is 25.8. The molecule has 0 radical (unpaired) electrons. The third-order valence-electron chi connectivity index (χ3n) is 3.80. The van der Waals surface area contributed by atoms with Crippen molar-refractivity contribution in [2.75, 3.05) is 13.7 Å². The van der Waals surface area contributed by atoms with Gasteiger partial charge in [0.25, 0.3) is 0 Å². The summed E-state index contributed by atoms with van der Waals surface area (Å²) in [5.41, 5.74) is -0.181. The maximum atomic E-state index is 14.3. The molecule has 1 aliphatic heterocycles. The first-order valence-electron chi connectivity index (χ1n) is 7.64. The Morgan fingerprint density at radius 3 is 2.54 bits per heavy atom. The van der Waals surface area contributed by atoms with Crippen LogP contribution in [0.1, 0.15) is 38.7 Å². The van der Waals surface area contributed by atoms with Gasteiger partial charge in [0.05, 0.1) is 7.11 Å². The molecule has 0 N–H and O–H groups in total. The summed E-state index contributed by atoms with van der Waals surface area (Å²) >= 11 is 2.04. The van der Waals surface area contributed by atoms with Crippen molar-refractivity contribution >= 4 is 34.7 Å². The highest BCUT2D eigenvalue weighted by Gasteiger charge is 2.43. The molecule has 0 unspecified atom stereocenters. The Hall–Kier alpha value is -1.38. The van der Waals surface area contributed by atoms with Crippen LogP contribution in [0.4, 0.5) is 9.18 Å². The molecule has 1 fully saturated rings. The molecule has 0 bridgehead atoms. The van der Waals surface area contributed by atoms with Crippen LogP contribution in [0.25, 0.3) is 0 Å². The number of hydrogen-bond donors (Lipinski definition) is 0. The Balaban J connectivity index is 2.26. The third-order valence-corrected chi connectivity index (χ3v) is 4.48. The molecule has 0 aliphatic carbocycles. The summed E-state index contributed by atoms with van der Waals surface area (Å²) in [6, 6.07) is 4.18. The zero-order valence-electron chi connectivity index (χ0n) is 14.1. The molecule has 132 valence electrons. The molecule has 1 heterocycles. The third kappa shape index (κ3) is 4.37. The number of halogens is 2. The van der Waals surface area contributed by atoms with Gasteiger partial charge in [-0.3, -0.25) is 4.90 Å². The van der Waals surface area contributed by atoms with Crippen LogP contribution in [0.5, 0.6) is 0 Å². The van der Waals surface area contributed by atoms with Crippen molar-refractivity contribution in [3.05, 3.63) is 33.1 Å². The van der Waals surface area contributed by atoms with Gasteiger partial charge >= 0.3 is 12.1 Å². The van der Waals surface area contributed by atoms with Crippen LogP contribution in [0.15, 0.2) is 18.2 Å². The van der Waals surface area contributed by atoms with Gasteiger partial charge in [0.2, 0.25) is 0 Å². The van der Waals surface area contributed by atoms with Gasteiger partial charge in [-0.1, -0.05) is 6.07 Å². The molecule has 2 atom stereocenters. The van der Waals surface area contributed by atoms with Gasteiger partial charge in [0.1, 0.15) is 17.5 Å². The molecule has 1 aromatic rings. The number of likely N-dealkylation sites (tertiary alicyclic amines) is 1. The molecule has 24 heavy (non-hydrogen) atoms. The number of methoxy groups -OCH3 is 1. The smallest absolute Gasteiger partial charge is 0.411 e. The van der Waals surface area contributed by atoms with E-state index in [9.17, 15) is 14.0 Å².